The van der Waals surface area contributed by atoms with E-state index in [9.17, 15) is 4.39 Å². The van der Waals surface area contributed by atoms with E-state index in [-0.39, 0.29) is 5.82 Å². The van der Waals surface area contributed by atoms with Gasteiger partial charge in [0.2, 0.25) is 0 Å². The van der Waals surface area contributed by atoms with Gasteiger partial charge in [-0.15, -0.1) is 0 Å². The molecule has 0 saturated heterocycles. The second kappa shape index (κ2) is 4.72. The molecule has 0 aliphatic carbocycles. The lowest BCUT2D eigenvalue weighted by Gasteiger charge is -2.09. The standard InChI is InChI=1S/C14H10FIN2S/c1-8-3-2-4-11-13(8)18(14(19)17-11)12-6-5-9(15)7-10(12)16/h2-7H,1H3,(H,17,19). The highest BCUT2D eigenvalue weighted by Gasteiger charge is 2.11. The normalized spacial score (nSPS) is 11.1. The Labute approximate surface area is 128 Å². The number of rotatable bonds is 1. The molecule has 1 heterocycles. The van der Waals surface area contributed by atoms with Gasteiger partial charge in [-0.2, -0.15) is 0 Å². The van der Waals surface area contributed by atoms with Crippen LogP contribution in [0.15, 0.2) is 36.4 Å². The van der Waals surface area contributed by atoms with Crippen LogP contribution in [0.5, 0.6) is 0 Å². The summed E-state index contributed by atoms with van der Waals surface area (Å²) in [6, 6.07) is 10.7. The van der Waals surface area contributed by atoms with Gasteiger partial charge in [0.25, 0.3) is 0 Å². The molecule has 3 rings (SSSR count). The molecular weight excluding hydrogens is 374 g/mol. The van der Waals surface area contributed by atoms with Crippen molar-refractivity contribution in [3.05, 3.63) is 56.1 Å². The Morgan fingerprint density at radius 2 is 2.05 bits per heavy atom. The molecule has 1 aromatic heterocycles. The van der Waals surface area contributed by atoms with Crippen LogP contribution in [-0.2, 0) is 0 Å². The molecule has 0 bridgehead atoms. The van der Waals surface area contributed by atoms with E-state index in [2.05, 4.69) is 27.6 Å². The highest BCUT2D eigenvalue weighted by Crippen LogP contribution is 2.26. The van der Waals surface area contributed by atoms with Crippen LogP contribution in [0.3, 0.4) is 0 Å². The molecule has 5 heteroatoms. The van der Waals surface area contributed by atoms with Gasteiger partial charge in [-0.25, -0.2) is 4.39 Å². The van der Waals surface area contributed by atoms with E-state index in [1.807, 2.05) is 29.7 Å². The topological polar surface area (TPSA) is 20.7 Å². The largest absolute Gasteiger partial charge is 0.330 e. The highest BCUT2D eigenvalue weighted by molar-refractivity contribution is 14.1. The smallest absolute Gasteiger partial charge is 0.182 e. The molecule has 0 unspecified atom stereocenters. The Morgan fingerprint density at radius 3 is 2.79 bits per heavy atom. The Kier molecular flexibility index (Phi) is 3.18. The van der Waals surface area contributed by atoms with Crippen LogP contribution < -0.4 is 0 Å². The molecule has 2 nitrogen and oxygen atoms in total. The number of imidazole rings is 1. The summed E-state index contributed by atoms with van der Waals surface area (Å²) in [7, 11) is 0. The second-order valence-corrected chi connectivity index (χ2v) is 5.88. The molecule has 0 atom stereocenters. The van der Waals surface area contributed by atoms with Gasteiger partial charge in [0, 0.05) is 3.57 Å². The molecule has 0 amide bonds. The van der Waals surface area contributed by atoms with Crippen LogP contribution >= 0.6 is 34.8 Å². The third-order valence-electron chi connectivity index (χ3n) is 3.06. The predicted molar refractivity (Wildman–Crippen MR) is 85.9 cm³/mol. The zero-order valence-corrected chi connectivity index (χ0v) is 13.0. The number of para-hydroxylation sites is 1. The summed E-state index contributed by atoms with van der Waals surface area (Å²) < 4.78 is 16.6. The molecule has 0 aliphatic heterocycles. The van der Waals surface area contributed by atoms with Crippen LogP contribution in [0.4, 0.5) is 4.39 Å². The molecule has 0 saturated carbocycles. The molecular formula is C14H10FIN2S. The number of halogens is 2. The summed E-state index contributed by atoms with van der Waals surface area (Å²) in [5, 5.41) is 0. The lowest BCUT2D eigenvalue weighted by Crippen LogP contribution is -1.98. The summed E-state index contributed by atoms with van der Waals surface area (Å²) in [5.74, 6) is -0.240. The number of hydrogen-bond donors (Lipinski definition) is 1. The molecule has 19 heavy (non-hydrogen) atoms. The first-order valence-electron chi connectivity index (χ1n) is 5.73. The SMILES string of the molecule is Cc1cccc2[nH]c(=S)n(-c3ccc(F)cc3I)c12. The van der Waals surface area contributed by atoms with Crippen molar-refractivity contribution < 1.29 is 4.39 Å². The Hall–Kier alpha value is -1.21. The van der Waals surface area contributed by atoms with E-state index in [4.69, 9.17) is 12.2 Å². The molecule has 0 spiro atoms. The summed E-state index contributed by atoms with van der Waals surface area (Å²) in [6.45, 7) is 2.04. The van der Waals surface area contributed by atoms with Crippen LogP contribution in [0.2, 0.25) is 0 Å². The van der Waals surface area contributed by atoms with Gasteiger partial charge in [0.05, 0.1) is 16.7 Å². The number of nitrogens with zero attached hydrogens (tertiary/aromatic N) is 1. The maximum Gasteiger partial charge on any atom is 0.182 e. The van der Waals surface area contributed by atoms with Crippen molar-refractivity contribution in [1.82, 2.24) is 9.55 Å². The number of aromatic amines is 1. The van der Waals surface area contributed by atoms with Gasteiger partial charge < -0.3 is 4.98 Å². The fourth-order valence-corrected chi connectivity index (χ4v) is 3.24. The van der Waals surface area contributed by atoms with Crippen molar-refractivity contribution >= 4 is 45.8 Å². The van der Waals surface area contributed by atoms with Crippen molar-refractivity contribution in [3.8, 4) is 5.69 Å². The molecule has 0 radical (unpaired) electrons. The molecule has 1 N–H and O–H groups in total. The van der Waals surface area contributed by atoms with E-state index < -0.39 is 0 Å². The molecule has 0 aliphatic rings. The number of benzene rings is 2. The van der Waals surface area contributed by atoms with E-state index in [0.717, 1.165) is 25.9 Å². The van der Waals surface area contributed by atoms with E-state index in [0.29, 0.717) is 4.77 Å². The number of nitrogens with one attached hydrogen (secondary N) is 1. The average Bonchev–Trinajstić information content (AvgIpc) is 2.67. The molecule has 0 fully saturated rings. The first kappa shape index (κ1) is 12.8. The minimum atomic E-state index is -0.240. The Morgan fingerprint density at radius 1 is 1.26 bits per heavy atom. The molecule has 96 valence electrons. The van der Waals surface area contributed by atoms with Gasteiger partial charge in [-0.1, -0.05) is 12.1 Å². The third-order valence-corrected chi connectivity index (χ3v) is 4.21. The number of hydrogen-bond acceptors (Lipinski definition) is 1. The zero-order valence-electron chi connectivity index (χ0n) is 10.1. The second-order valence-electron chi connectivity index (χ2n) is 4.33. The summed E-state index contributed by atoms with van der Waals surface area (Å²) in [6.07, 6.45) is 0. The van der Waals surface area contributed by atoms with Gasteiger partial charge >= 0.3 is 0 Å². The maximum absolute atomic E-state index is 13.2. The summed E-state index contributed by atoms with van der Waals surface area (Å²) >= 11 is 7.52. The van der Waals surface area contributed by atoms with E-state index in [1.54, 1.807) is 6.07 Å². The van der Waals surface area contributed by atoms with Gasteiger partial charge in [0.15, 0.2) is 4.77 Å². The van der Waals surface area contributed by atoms with Crippen LogP contribution in [0.1, 0.15) is 5.56 Å². The van der Waals surface area contributed by atoms with E-state index in [1.165, 1.54) is 12.1 Å². The first-order valence-corrected chi connectivity index (χ1v) is 7.22. The third kappa shape index (κ3) is 2.10. The van der Waals surface area contributed by atoms with Gasteiger partial charge in [0.1, 0.15) is 5.82 Å². The number of aryl methyl sites for hydroxylation is 1. The van der Waals surface area contributed by atoms with Crippen molar-refractivity contribution in [3.63, 3.8) is 0 Å². The number of H-pyrrole nitrogens is 1. The summed E-state index contributed by atoms with van der Waals surface area (Å²) in [5.41, 5.74) is 4.06. The average molecular weight is 384 g/mol. The monoisotopic (exact) mass is 384 g/mol. The lowest BCUT2D eigenvalue weighted by molar-refractivity contribution is 0.626. The number of fused-ring (bicyclic) bond motifs is 1. The molecule has 3 aromatic rings. The fraction of sp³-hybridized carbons (Fsp3) is 0.0714. The van der Waals surface area contributed by atoms with Crippen LogP contribution in [0.25, 0.3) is 16.7 Å². The quantitative estimate of drug-likeness (QED) is 0.475. The summed E-state index contributed by atoms with van der Waals surface area (Å²) in [4.78, 5) is 3.19. The van der Waals surface area contributed by atoms with Crippen molar-refractivity contribution in [2.24, 2.45) is 0 Å². The molecule has 2 aromatic carbocycles. The predicted octanol–water partition coefficient (Wildman–Crippen LogP) is 4.74. The van der Waals surface area contributed by atoms with Gasteiger partial charge in [-0.3, -0.25) is 4.57 Å². The van der Waals surface area contributed by atoms with Crippen LogP contribution in [-0.4, -0.2) is 9.55 Å². The Bertz CT molecular complexity index is 835. The Balaban J connectivity index is 2.42. The van der Waals surface area contributed by atoms with Crippen molar-refractivity contribution in [2.75, 3.05) is 0 Å². The van der Waals surface area contributed by atoms with Gasteiger partial charge in [-0.05, 0) is 71.6 Å². The zero-order chi connectivity index (χ0) is 13.6. The van der Waals surface area contributed by atoms with Crippen LogP contribution in [0, 0.1) is 21.1 Å². The van der Waals surface area contributed by atoms with E-state index >= 15 is 0 Å². The van der Waals surface area contributed by atoms with Crippen molar-refractivity contribution in [2.45, 2.75) is 6.92 Å². The minimum absolute atomic E-state index is 0.240. The number of aromatic nitrogens is 2. The fourth-order valence-electron chi connectivity index (χ4n) is 2.22. The highest BCUT2D eigenvalue weighted by atomic mass is 127. The lowest BCUT2D eigenvalue weighted by atomic mass is 10.2. The first-order chi connectivity index (χ1) is 9.08. The minimum Gasteiger partial charge on any atom is -0.330 e. The maximum atomic E-state index is 13.2. The van der Waals surface area contributed by atoms with Crippen molar-refractivity contribution in [1.29, 1.82) is 0 Å².